The molecule has 0 aliphatic rings. The number of H-pyrrole nitrogens is 1. The number of hydrogen-bond acceptors (Lipinski definition) is 5. The van der Waals surface area contributed by atoms with Gasteiger partial charge in [0, 0.05) is 12.4 Å². The van der Waals surface area contributed by atoms with E-state index in [1.807, 2.05) is 6.07 Å². The van der Waals surface area contributed by atoms with Crippen molar-refractivity contribution < 1.29 is 9.21 Å². The lowest BCUT2D eigenvalue weighted by molar-refractivity contribution is 0.102. The first-order chi connectivity index (χ1) is 9.33. The number of aromatic nitrogens is 4. The molecule has 0 unspecified atom stereocenters. The number of carbonyl (C=O) groups is 1. The first-order valence-electron chi connectivity index (χ1n) is 5.50. The Morgan fingerprint density at radius 3 is 3.05 bits per heavy atom. The first-order valence-corrected chi connectivity index (χ1v) is 5.50. The van der Waals surface area contributed by atoms with Crippen LogP contribution in [0.3, 0.4) is 0 Å². The van der Waals surface area contributed by atoms with Crippen LogP contribution in [0.4, 0.5) is 5.69 Å². The van der Waals surface area contributed by atoms with Crippen LogP contribution < -0.4 is 5.32 Å². The fourth-order valence-corrected chi connectivity index (χ4v) is 1.50. The number of nitrogens with one attached hydrogen (secondary N) is 2. The smallest absolute Gasteiger partial charge is 0.277 e. The lowest BCUT2D eigenvalue weighted by Crippen LogP contribution is -2.11. The molecule has 3 heterocycles. The molecule has 0 saturated heterocycles. The number of aromatic amines is 1. The molecule has 0 saturated carbocycles. The molecule has 0 aromatic carbocycles. The molecular formula is C12H9N5O2. The molecule has 3 rings (SSSR count). The number of pyridine rings is 1. The highest BCUT2D eigenvalue weighted by Gasteiger charge is 2.14. The van der Waals surface area contributed by atoms with Crippen molar-refractivity contribution in [3.63, 3.8) is 0 Å². The minimum Gasteiger partial charge on any atom is -0.442 e. The molecule has 7 nitrogen and oxygen atoms in total. The van der Waals surface area contributed by atoms with Gasteiger partial charge in [0.2, 0.25) is 5.89 Å². The summed E-state index contributed by atoms with van der Waals surface area (Å²) in [5.41, 5.74) is 1.32. The van der Waals surface area contributed by atoms with Gasteiger partial charge in [-0.05, 0) is 12.1 Å². The third-order valence-electron chi connectivity index (χ3n) is 2.38. The van der Waals surface area contributed by atoms with E-state index in [9.17, 15) is 4.79 Å². The molecule has 7 heteroatoms. The third kappa shape index (κ3) is 2.34. The molecule has 0 spiro atoms. The molecular weight excluding hydrogens is 246 g/mol. The van der Waals surface area contributed by atoms with E-state index in [0.717, 1.165) is 0 Å². The summed E-state index contributed by atoms with van der Waals surface area (Å²) in [4.78, 5) is 20.0. The van der Waals surface area contributed by atoms with Crippen molar-refractivity contribution in [3.8, 4) is 11.6 Å². The highest BCUT2D eigenvalue weighted by Crippen LogP contribution is 2.16. The van der Waals surface area contributed by atoms with Gasteiger partial charge in [0.1, 0.15) is 12.0 Å². The summed E-state index contributed by atoms with van der Waals surface area (Å²) >= 11 is 0. The quantitative estimate of drug-likeness (QED) is 0.742. The second kappa shape index (κ2) is 4.73. The minimum absolute atomic E-state index is 0.182. The number of hydrogen-bond donors (Lipinski definition) is 2. The molecule has 3 aromatic heterocycles. The van der Waals surface area contributed by atoms with Crippen molar-refractivity contribution in [2.24, 2.45) is 0 Å². The van der Waals surface area contributed by atoms with Crippen LogP contribution in [-0.2, 0) is 0 Å². The summed E-state index contributed by atoms with van der Waals surface area (Å²) in [7, 11) is 0. The molecule has 19 heavy (non-hydrogen) atoms. The van der Waals surface area contributed by atoms with Gasteiger partial charge in [-0.25, -0.2) is 4.98 Å². The Bertz CT molecular complexity index is 675. The van der Waals surface area contributed by atoms with Crippen LogP contribution in [0.5, 0.6) is 0 Å². The molecule has 0 atom stereocenters. The van der Waals surface area contributed by atoms with Gasteiger partial charge in [0.25, 0.3) is 5.91 Å². The average molecular weight is 255 g/mol. The largest absolute Gasteiger partial charge is 0.442 e. The topological polar surface area (TPSA) is 96.7 Å². The zero-order valence-corrected chi connectivity index (χ0v) is 9.70. The molecule has 0 fully saturated rings. The second-order valence-corrected chi connectivity index (χ2v) is 3.69. The van der Waals surface area contributed by atoms with Gasteiger partial charge in [-0.15, -0.1) is 0 Å². The summed E-state index contributed by atoms with van der Waals surface area (Å²) in [6, 6.07) is 5.36. The van der Waals surface area contributed by atoms with E-state index < -0.39 is 0 Å². The lowest BCUT2D eigenvalue weighted by atomic mass is 10.3. The molecule has 1 amide bonds. The summed E-state index contributed by atoms with van der Waals surface area (Å²) in [5, 5.41) is 8.95. The van der Waals surface area contributed by atoms with E-state index in [1.165, 1.54) is 12.5 Å². The van der Waals surface area contributed by atoms with Crippen molar-refractivity contribution in [1.29, 1.82) is 0 Å². The van der Waals surface area contributed by atoms with Crippen LogP contribution in [0.25, 0.3) is 11.6 Å². The molecule has 0 bridgehead atoms. The maximum absolute atomic E-state index is 11.9. The van der Waals surface area contributed by atoms with E-state index in [2.05, 4.69) is 25.5 Å². The summed E-state index contributed by atoms with van der Waals surface area (Å²) in [6.07, 6.45) is 5.99. The number of oxazole rings is 1. The molecule has 0 aliphatic carbocycles. The number of carbonyl (C=O) groups excluding carboxylic acids is 1. The Kier molecular flexibility index (Phi) is 2.77. The molecule has 2 N–H and O–H groups in total. The SMILES string of the molecule is O=C(Nc1cn[nH]c1)c1coc(-c2ccccn2)n1. The lowest BCUT2D eigenvalue weighted by Gasteiger charge is -1.96. The van der Waals surface area contributed by atoms with Crippen molar-refractivity contribution in [3.05, 3.63) is 48.7 Å². The third-order valence-corrected chi connectivity index (χ3v) is 2.38. The van der Waals surface area contributed by atoms with Crippen LogP contribution >= 0.6 is 0 Å². The predicted molar refractivity (Wildman–Crippen MR) is 66.3 cm³/mol. The highest BCUT2D eigenvalue weighted by molar-refractivity contribution is 6.02. The number of anilines is 1. The van der Waals surface area contributed by atoms with E-state index in [4.69, 9.17) is 4.42 Å². The zero-order chi connectivity index (χ0) is 13.1. The Morgan fingerprint density at radius 1 is 1.37 bits per heavy atom. The average Bonchev–Trinajstić information content (AvgIpc) is 3.10. The maximum atomic E-state index is 11.9. The molecule has 3 aromatic rings. The fraction of sp³-hybridized carbons (Fsp3) is 0. The number of rotatable bonds is 3. The Hall–Kier alpha value is -2.96. The number of nitrogens with zero attached hydrogens (tertiary/aromatic N) is 3. The van der Waals surface area contributed by atoms with Gasteiger partial charge in [-0.2, -0.15) is 5.10 Å². The standard InChI is InChI=1S/C12H9N5O2/c18-11(16-8-5-14-15-6-8)10-7-19-12(17-10)9-3-1-2-4-13-9/h1-7H,(H,14,15)(H,16,18). The van der Waals surface area contributed by atoms with Gasteiger partial charge in [-0.1, -0.05) is 6.07 Å². The van der Waals surface area contributed by atoms with Crippen LogP contribution in [0.1, 0.15) is 10.5 Å². The van der Waals surface area contributed by atoms with Crippen molar-refractivity contribution in [2.45, 2.75) is 0 Å². The van der Waals surface area contributed by atoms with E-state index in [-0.39, 0.29) is 11.6 Å². The Balaban J connectivity index is 1.80. The van der Waals surface area contributed by atoms with Gasteiger partial charge < -0.3 is 9.73 Å². The minimum atomic E-state index is -0.368. The fourth-order valence-electron chi connectivity index (χ4n) is 1.50. The molecule has 0 aliphatic heterocycles. The van der Waals surface area contributed by atoms with Crippen LogP contribution in [0, 0.1) is 0 Å². The van der Waals surface area contributed by atoms with Gasteiger partial charge in [0.15, 0.2) is 5.69 Å². The Labute approximate surface area is 107 Å². The van der Waals surface area contributed by atoms with E-state index in [1.54, 1.807) is 24.5 Å². The van der Waals surface area contributed by atoms with Crippen LogP contribution in [-0.4, -0.2) is 26.1 Å². The van der Waals surface area contributed by atoms with E-state index >= 15 is 0 Å². The summed E-state index contributed by atoms with van der Waals surface area (Å²) in [5.74, 6) is -0.0646. The van der Waals surface area contributed by atoms with Crippen molar-refractivity contribution >= 4 is 11.6 Å². The van der Waals surface area contributed by atoms with Gasteiger partial charge >= 0.3 is 0 Å². The van der Waals surface area contributed by atoms with Gasteiger partial charge in [-0.3, -0.25) is 14.9 Å². The monoisotopic (exact) mass is 255 g/mol. The first kappa shape index (κ1) is 11.1. The highest BCUT2D eigenvalue weighted by atomic mass is 16.3. The van der Waals surface area contributed by atoms with Gasteiger partial charge in [0.05, 0.1) is 11.9 Å². The van der Waals surface area contributed by atoms with E-state index in [0.29, 0.717) is 17.3 Å². The predicted octanol–water partition coefficient (Wildman–Crippen LogP) is 1.71. The van der Waals surface area contributed by atoms with Crippen LogP contribution in [0.2, 0.25) is 0 Å². The normalized spacial score (nSPS) is 10.3. The molecule has 0 radical (unpaired) electrons. The van der Waals surface area contributed by atoms with Crippen molar-refractivity contribution in [2.75, 3.05) is 5.32 Å². The number of amides is 1. The zero-order valence-electron chi connectivity index (χ0n) is 9.70. The van der Waals surface area contributed by atoms with Crippen LogP contribution in [0.15, 0.2) is 47.5 Å². The molecule has 94 valence electrons. The summed E-state index contributed by atoms with van der Waals surface area (Å²) in [6.45, 7) is 0. The summed E-state index contributed by atoms with van der Waals surface area (Å²) < 4.78 is 5.23. The maximum Gasteiger partial charge on any atom is 0.277 e. The Morgan fingerprint density at radius 2 is 2.32 bits per heavy atom. The second-order valence-electron chi connectivity index (χ2n) is 3.69. The van der Waals surface area contributed by atoms with Crippen molar-refractivity contribution in [1.82, 2.24) is 20.2 Å².